The van der Waals surface area contributed by atoms with E-state index in [1.54, 1.807) is 47.0 Å². The molecule has 0 saturated heterocycles. The number of thioether (sulfide) groups is 1. The first-order valence-electron chi connectivity index (χ1n) is 9.43. The van der Waals surface area contributed by atoms with E-state index in [1.807, 2.05) is 30.3 Å². The first-order chi connectivity index (χ1) is 15.1. The summed E-state index contributed by atoms with van der Waals surface area (Å²) in [6, 6.07) is 20.0. The van der Waals surface area contributed by atoms with Crippen LogP contribution in [0.1, 0.15) is 15.9 Å². The Morgan fingerprint density at radius 1 is 0.968 bits per heavy atom. The van der Waals surface area contributed by atoms with Gasteiger partial charge in [-0.2, -0.15) is 0 Å². The van der Waals surface area contributed by atoms with E-state index in [0.29, 0.717) is 33.6 Å². The number of halogens is 1. The van der Waals surface area contributed by atoms with Crippen LogP contribution in [0.3, 0.4) is 0 Å². The van der Waals surface area contributed by atoms with Crippen molar-refractivity contribution < 1.29 is 9.59 Å². The summed E-state index contributed by atoms with van der Waals surface area (Å²) in [5.41, 5.74) is 2.76. The van der Waals surface area contributed by atoms with Crippen LogP contribution in [0, 0.1) is 0 Å². The summed E-state index contributed by atoms with van der Waals surface area (Å²) in [5, 5.41) is 15.1. The maximum atomic E-state index is 12.5. The number of benzene rings is 2. The Kier molecular flexibility index (Phi) is 6.49. The molecule has 0 bridgehead atoms. The highest BCUT2D eigenvalue weighted by Gasteiger charge is 2.13. The number of nitrogens with zero attached hydrogens (tertiary/aromatic N) is 3. The number of fused-ring (bicyclic) bond motifs is 1. The van der Waals surface area contributed by atoms with Crippen LogP contribution >= 0.6 is 23.4 Å². The van der Waals surface area contributed by atoms with Crippen molar-refractivity contribution >= 4 is 46.5 Å². The summed E-state index contributed by atoms with van der Waals surface area (Å²) in [5.74, 6) is -0.231. The van der Waals surface area contributed by atoms with Gasteiger partial charge in [-0.15, -0.1) is 10.2 Å². The van der Waals surface area contributed by atoms with Gasteiger partial charge in [-0.05, 0) is 42.0 Å². The molecule has 156 valence electrons. The smallest absolute Gasteiger partial charge is 0.253 e. The fourth-order valence-electron chi connectivity index (χ4n) is 2.84. The number of pyridine rings is 1. The lowest BCUT2D eigenvalue weighted by Gasteiger charge is -2.07. The van der Waals surface area contributed by atoms with Gasteiger partial charge in [0.05, 0.1) is 11.3 Å². The molecular weight excluding hydrogens is 434 g/mol. The third-order valence-corrected chi connectivity index (χ3v) is 5.58. The first kappa shape index (κ1) is 20.9. The molecule has 0 radical (unpaired) electrons. The molecule has 31 heavy (non-hydrogen) atoms. The number of nitrogens with one attached hydrogen (secondary N) is 2. The highest BCUT2D eigenvalue weighted by molar-refractivity contribution is 7.99. The van der Waals surface area contributed by atoms with Crippen molar-refractivity contribution in [2.45, 2.75) is 11.7 Å². The van der Waals surface area contributed by atoms with Crippen LogP contribution in [-0.2, 0) is 11.3 Å². The molecule has 2 heterocycles. The van der Waals surface area contributed by atoms with E-state index in [4.69, 9.17) is 11.6 Å². The molecule has 9 heteroatoms. The van der Waals surface area contributed by atoms with Crippen molar-refractivity contribution in [2.24, 2.45) is 0 Å². The standard InChI is InChI=1S/C22H18ClN5O2S/c23-17-7-9-18(10-8-17)25-20(29)14-31-22-27-26-19-11-6-16(13-28(19)22)21(30)24-12-15-4-2-1-3-5-15/h1-11,13H,12,14H2,(H,24,30)(H,25,29). The molecule has 4 aromatic rings. The van der Waals surface area contributed by atoms with Crippen LogP contribution in [0.5, 0.6) is 0 Å². The fourth-order valence-corrected chi connectivity index (χ4v) is 3.69. The van der Waals surface area contributed by atoms with Gasteiger partial charge in [0.15, 0.2) is 10.8 Å². The minimum absolute atomic E-state index is 0.147. The summed E-state index contributed by atoms with van der Waals surface area (Å²) in [4.78, 5) is 24.8. The Labute approximate surface area is 187 Å². The normalized spacial score (nSPS) is 10.7. The summed E-state index contributed by atoms with van der Waals surface area (Å²) in [6.07, 6.45) is 1.68. The average Bonchev–Trinajstić information content (AvgIpc) is 3.20. The number of rotatable bonds is 7. The number of hydrogen-bond donors (Lipinski definition) is 2. The Morgan fingerprint density at radius 3 is 2.52 bits per heavy atom. The lowest BCUT2D eigenvalue weighted by molar-refractivity contribution is -0.113. The zero-order valence-corrected chi connectivity index (χ0v) is 17.9. The molecular formula is C22H18ClN5O2S. The summed E-state index contributed by atoms with van der Waals surface area (Å²) >= 11 is 7.09. The van der Waals surface area contributed by atoms with E-state index in [1.165, 1.54) is 11.8 Å². The first-order valence-corrected chi connectivity index (χ1v) is 10.8. The van der Waals surface area contributed by atoms with Gasteiger partial charge in [-0.25, -0.2) is 0 Å². The second kappa shape index (κ2) is 9.63. The number of amides is 2. The average molecular weight is 452 g/mol. The van der Waals surface area contributed by atoms with Crippen LogP contribution in [0.15, 0.2) is 78.1 Å². The molecule has 0 aliphatic rings. The van der Waals surface area contributed by atoms with Gasteiger partial charge in [0.1, 0.15) is 0 Å². The Morgan fingerprint density at radius 2 is 1.74 bits per heavy atom. The van der Waals surface area contributed by atoms with Gasteiger partial charge in [0.2, 0.25) is 5.91 Å². The molecule has 4 rings (SSSR count). The summed E-state index contributed by atoms with van der Waals surface area (Å²) < 4.78 is 1.71. The topological polar surface area (TPSA) is 88.4 Å². The highest BCUT2D eigenvalue weighted by atomic mass is 35.5. The van der Waals surface area contributed by atoms with Gasteiger partial charge in [-0.3, -0.25) is 14.0 Å². The van der Waals surface area contributed by atoms with E-state index in [2.05, 4.69) is 20.8 Å². The number of aromatic nitrogens is 3. The molecule has 2 aromatic heterocycles. The molecule has 0 unspecified atom stereocenters. The fraction of sp³-hybridized carbons (Fsp3) is 0.0909. The van der Waals surface area contributed by atoms with E-state index in [-0.39, 0.29) is 17.6 Å². The molecule has 0 fully saturated rings. The van der Waals surface area contributed by atoms with Gasteiger partial charge in [0.25, 0.3) is 5.91 Å². The third kappa shape index (κ3) is 5.42. The maximum Gasteiger partial charge on any atom is 0.253 e. The molecule has 0 aliphatic carbocycles. The number of anilines is 1. The van der Waals surface area contributed by atoms with Crippen LogP contribution in [0.25, 0.3) is 5.65 Å². The minimum atomic E-state index is -0.198. The van der Waals surface area contributed by atoms with Crippen molar-refractivity contribution in [1.82, 2.24) is 19.9 Å². The molecule has 0 aliphatic heterocycles. The predicted molar refractivity (Wildman–Crippen MR) is 121 cm³/mol. The second-order valence-corrected chi connectivity index (χ2v) is 8.02. The SMILES string of the molecule is O=C(CSc1nnc2ccc(C(=O)NCc3ccccc3)cn12)Nc1ccc(Cl)cc1. The number of hydrogen-bond acceptors (Lipinski definition) is 5. The lowest BCUT2D eigenvalue weighted by atomic mass is 10.2. The molecule has 2 amide bonds. The zero-order chi connectivity index (χ0) is 21.6. The molecule has 7 nitrogen and oxygen atoms in total. The molecule has 0 atom stereocenters. The monoisotopic (exact) mass is 451 g/mol. The van der Waals surface area contributed by atoms with Crippen molar-refractivity contribution in [3.05, 3.63) is 89.1 Å². The van der Waals surface area contributed by atoms with Crippen LogP contribution < -0.4 is 10.6 Å². The van der Waals surface area contributed by atoms with E-state index >= 15 is 0 Å². The van der Waals surface area contributed by atoms with E-state index < -0.39 is 0 Å². The largest absolute Gasteiger partial charge is 0.348 e. The van der Waals surface area contributed by atoms with E-state index in [0.717, 1.165) is 5.56 Å². The lowest BCUT2D eigenvalue weighted by Crippen LogP contribution is -2.23. The van der Waals surface area contributed by atoms with Crippen molar-refractivity contribution in [3.8, 4) is 0 Å². The van der Waals surface area contributed by atoms with Gasteiger partial charge in [-0.1, -0.05) is 53.7 Å². The van der Waals surface area contributed by atoms with Crippen LogP contribution in [-0.4, -0.2) is 32.2 Å². The minimum Gasteiger partial charge on any atom is -0.348 e. The number of carbonyl (C=O) groups excluding carboxylic acids is 2. The summed E-state index contributed by atoms with van der Waals surface area (Å²) in [6.45, 7) is 0.437. The van der Waals surface area contributed by atoms with Crippen LogP contribution in [0.4, 0.5) is 5.69 Å². The maximum absolute atomic E-state index is 12.5. The van der Waals surface area contributed by atoms with Gasteiger partial charge >= 0.3 is 0 Å². The van der Waals surface area contributed by atoms with Crippen LogP contribution in [0.2, 0.25) is 5.02 Å². The predicted octanol–water partition coefficient (Wildman–Crippen LogP) is 4.04. The second-order valence-electron chi connectivity index (χ2n) is 6.64. The van der Waals surface area contributed by atoms with E-state index in [9.17, 15) is 9.59 Å². The molecule has 2 aromatic carbocycles. The van der Waals surface area contributed by atoms with Crippen molar-refractivity contribution in [2.75, 3.05) is 11.1 Å². The van der Waals surface area contributed by atoms with Gasteiger partial charge < -0.3 is 10.6 Å². The number of carbonyl (C=O) groups is 2. The molecule has 0 saturated carbocycles. The summed E-state index contributed by atoms with van der Waals surface area (Å²) in [7, 11) is 0. The Bertz CT molecular complexity index is 1210. The molecule has 0 spiro atoms. The Hall–Kier alpha value is -3.36. The highest BCUT2D eigenvalue weighted by Crippen LogP contribution is 2.19. The molecule has 2 N–H and O–H groups in total. The third-order valence-electron chi connectivity index (χ3n) is 4.39. The quantitative estimate of drug-likeness (QED) is 0.414. The zero-order valence-electron chi connectivity index (χ0n) is 16.3. The van der Waals surface area contributed by atoms with Gasteiger partial charge in [0, 0.05) is 23.5 Å². The van der Waals surface area contributed by atoms with Crippen molar-refractivity contribution in [3.63, 3.8) is 0 Å². The Balaban J connectivity index is 1.40. The van der Waals surface area contributed by atoms with Crippen molar-refractivity contribution in [1.29, 1.82) is 0 Å².